The van der Waals surface area contributed by atoms with Crippen LogP contribution >= 0.6 is 11.6 Å². The summed E-state index contributed by atoms with van der Waals surface area (Å²) in [5.41, 5.74) is 1.03. The number of alkyl halides is 3. The van der Waals surface area contributed by atoms with Crippen LogP contribution in [0.4, 0.5) is 35.3 Å². The zero-order chi connectivity index (χ0) is 21.0. The molecule has 3 N–H and O–H groups in total. The molecule has 2 heterocycles. The molecule has 8 nitrogen and oxygen atoms in total. The van der Waals surface area contributed by atoms with Gasteiger partial charge in [0.05, 0.1) is 16.9 Å². The summed E-state index contributed by atoms with van der Waals surface area (Å²) in [7, 11) is 0. The highest BCUT2D eigenvalue weighted by Crippen LogP contribution is 2.31. The molecule has 12 heteroatoms. The first-order valence-corrected chi connectivity index (χ1v) is 8.62. The van der Waals surface area contributed by atoms with Gasteiger partial charge in [0.2, 0.25) is 0 Å². The van der Waals surface area contributed by atoms with E-state index in [1.165, 1.54) is 12.3 Å². The van der Waals surface area contributed by atoms with Crippen molar-refractivity contribution in [3.8, 4) is 5.75 Å². The van der Waals surface area contributed by atoms with Crippen LogP contribution in [-0.4, -0.2) is 33.9 Å². The van der Waals surface area contributed by atoms with Crippen molar-refractivity contribution in [1.82, 2.24) is 20.3 Å². The van der Waals surface area contributed by atoms with Crippen molar-refractivity contribution < 1.29 is 22.7 Å². The smallest absolute Gasteiger partial charge is 0.406 e. The molecule has 3 rings (SSSR count). The second-order valence-electron chi connectivity index (χ2n) is 5.59. The number of rotatable bonds is 5. The molecule has 0 saturated carbocycles. The number of nitrogens with one attached hydrogen (secondary N) is 3. The lowest BCUT2D eigenvalue weighted by atomic mass is 10.3. The van der Waals surface area contributed by atoms with Crippen LogP contribution < -0.4 is 20.7 Å². The standard InChI is InChI=1S/C17H14ClF3N6O2/c1-2-22-16(28)27-13-6-5-12-15(25-13)26-14(8-23-12)24-11-4-3-9(7-10(11)18)29-17(19,20)21/h3-8H,2H2,1H3,(H3,22,24,25,26,27,28). The summed E-state index contributed by atoms with van der Waals surface area (Å²) in [4.78, 5) is 24.3. The summed E-state index contributed by atoms with van der Waals surface area (Å²) >= 11 is 6.01. The van der Waals surface area contributed by atoms with Gasteiger partial charge < -0.3 is 15.4 Å². The Morgan fingerprint density at radius 3 is 2.62 bits per heavy atom. The number of ether oxygens (including phenoxy) is 1. The van der Waals surface area contributed by atoms with Crippen molar-refractivity contribution >= 4 is 46.1 Å². The molecule has 0 spiro atoms. The Morgan fingerprint density at radius 2 is 1.93 bits per heavy atom. The summed E-state index contributed by atoms with van der Waals surface area (Å²) in [5, 5.41) is 7.99. The summed E-state index contributed by atoms with van der Waals surface area (Å²) < 4.78 is 40.7. The number of anilines is 3. The van der Waals surface area contributed by atoms with Gasteiger partial charge in [0.15, 0.2) is 11.5 Å². The first kappa shape index (κ1) is 20.4. The zero-order valence-electron chi connectivity index (χ0n) is 14.8. The van der Waals surface area contributed by atoms with Gasteiger partial charge in [-0.25, -0.2) is 19.7 Å². The van der Waals surface area contributed by atoms with Gasteiger partial charge in [0.25, 0.3) is 0 Å². The average Bonchev–Trinajstić information content (AvgIpc) is 2.62. The maximum atomic E-state index is 12.3. The average molecular weight is 427 g/mol. The number of pyridine rings is 1. The van der Waals surface area contributed by atoms with E-state index in [9.17, 15) is 18.0 Å². The van der Waals surface area contributed by atoms with E-state index in [4.69, 9.17) is 11.6 Å². The molecule has 0 bridgehead atoms. The number of amides is 2. The van der Waals surface area contributed by atoms with Crippen molar-refractivity contribution in [2.75, 3.05) is 17.2 Å². The van der Waals surface area contributed by atoms with E-state index in [0.717, 1.165) is 12.1 Å². The quantitative estimate of drug-likeness (QED) is 0.556. The molecule has 3 aromatic rings. The van der Waals surface area contributed by atoms with Gasteiger partial charge in [-0.1, -0.05) is 11.6 Å². The predicted molar refractivity (Wildman–Crippen MR) is 101 cm³/mol. The number of hydrogen-bond acceptors (Lipinski definition) is 6. The van der Waals surface area contributed by atoms with Crippen molar-refractivity contribution in [2.45, 2.75) is 13.3 Å². The Kier molecular flexibility index (Phi) is 5.87. The van der Waals surface area contributed by atoms with Gasteiger partial charge in [0, 0.05) is 12.6 Å². The van der Waals surface area contributed by atoms with Gasteiger partial charge in [0.1, 0.15) is 17.1 Å². The van der Waals surface area contributed by atoms with E-state index < -0.39 is 18.1 Å². The van der Waals surface area contributed by atoms with Gasteiger partial charge in [-0.2, -0.15) is 0 Å². The first-order chi connectivity index (χ1) is 13.7. The Balaban J connectivity index is 1.80. The number of urea groups is 1. The second kappa shape index (κ2) is 8.35. The molecule has 29 heavy (non-hydrogen) atoms. The lowest BCUT2D eigenvalue weighted by molar-refractivity contribution is -0.274. The molecule has 0 fully saturated rings. The van der Waals surface area contributed by atoms with E-state index in [1.54, 1.807) is 19.1 Å². The summed E-state index contributed by atoms with van der Waals surface area (Å²) in [6, 6.07) is 6.26. The molecule has 0 aliphatic carbocycles. The van der Waals surface area contributed by atoms with Gasteiger partial charge in [-0.3, -0.25) is 5.32 Å². The number of fused-ring (bicyclic) bond motifs is 1. The Hall–Kier alpha value is -3.34. The normalized spacial score (nSPS) is 11.2. The number of nitrogens with zero attached hydrogens (tertiary/aromatic N) is 3. The molecule has 0 radical (unpaired) electrons. The maximum Gasteiger partial charge on any atom is 0.573 e. The molecule has 2 amide bonds. The van der Waals surface area contributed by atoms with Crippen LogP contribution in [0.25, 0.3) is 11.2 Å². The third kappa shape index (κ3) is 5.57. The summed E-state index contributed by atoms with van der Waals surface area (Å²) in [6.07, 6.45) is -3.40. The fourth-order valence-electron chi connectivity index (χ4n) is 2.28. The number of benzene rings is 1. The SMILES string of the molecule is CCNC(=O)Nc1ccc2ncc(Nc3ccc(OC(F)(F)F)cc3Cl)nc2n1. The molecule has 2 aromatic heterocycles. The third-order valence-electron chi connectivity index (χ3n) is 3.42. The molecule has 0 aliphatic heterocycles. The molecule has 152 valence electrons. The highest BCUT2D eigenvalue weighted by molar-refractivity contribution is 6.33. The molecule has 0 unspecified atom stereocenters. The minimum atomic E-state index is -4.81. The first-order valence-electron chi connectivity index (χ1n) is 8.24. The van der Waals surface area contributed by atoms with Crippen LogP contribution in [0.3, 0.4) is 0 Å². The highest BCUT2D eigenvalue weighted by atomic mass is 35.5. The lowest BCUT2D eigenvalue weighted by Gasteiger charge is -2.12. The van der Waals surface area contributed by atoms with E-state index in [1.807, 2.05) is 0 Å². The van der Waals surface area contributed by atoms with E-state index in [-0.39, 0.29) is 22.3 Å². The largest absolute Gasteiger partial charge is 0.573 e. The Morgan fingerprint density at radius 1 is 1.17 bits per heavy atom. The highest BCUT2D eigenvalue weighted by Gasteiger charge is 2.31. The van der Waals surface area contributed by atoms with E-state index >= 15 is 0 Å². The number of carbonyl (C=O) groups excluding carboxylic acids is 1. The maximum absolute atomic E-state index is 12.3. The van der Waals surface area contributed by atoms with Crippen molar-refractivity contribution in [3.05, 3.63) is 41.6 Å². The Labute approximate surface area is 167 Å². The van der Waals surface area contributed by atoms with Crippen LogP contribution in [0.15, 0.2) is 36.5 Å². The zero-order valence-corrected chi connectivity index (χ0v) is 15.6. The molecular formula is C17H14ClF3N6O2. The van der Waals surface area contributed by atoms with Gasteiger partial charge in [-0.05, 0) is 31.2 Å². The van der Waals surface area contributed by atoms with Crippen molar-refractivity contribution in [3.63, 3.8) is 0 Å². The van der Waals surface area contributed by atoms with Gasteiger partial charge in [-0.15, -0.1) is 13.2 Å². The molecular weight excluding hydrogens is 413 g/mol. The van der Waals surface area contributed by atoms with E-state index in [0.29, 0.717) is 17.7 Å². The van der Waals surface area contributed by atoms with Crippen LogP contribution in [0, 0.1) is 0 Å². The van der Waals surface area contributed by atoms with Gasteiger partial charge >= 0.3 is 12.4 Å². The van der Waals surface area contributed by atoms with Crippen LogP contribution in [0.2, 0.25) is 5.02 Å². The number of halogens is 4. The fraction of sp³-hybridized carbons (Fsp3) is 0.176. The van der Waals surface area contributed by atoms with Crippen molar-refractivity contribution in [1.29, 1.82) is 0 Å². The van der Waals surface area contributed by atoms with Crippen LogP contribution in [0.1, 0.15) is 6.92 Å². The molecule has 0 atom stereocenters. The molecule has 0 aliphatic rings. The lowest BCUT2D eigenvalue weighted by Crippen LogP contribution is -2.28. The predicted octanol–water partition coefficient (Wildman–Crippen LogP) is 4.46. The third-order valence-corrected chi connectivity index (χ3v) is 3.74. The topological polar surface area (TPSA) is 101 Å². The number of aromatic nitrogens is 3. The summed E-state index contributed by atoms with van der Waals surface area (Å²) in [6.45, 7) is 2.24. The van der Waals surface area contributed by atoms with Crippen molar-refractivity contribution in [2.24, 2.45) is 0 Å². The van der Waals surface area contributed by atoms with E-state index in [2.05, 4.69) is 35.6 Å². The fourth-order valence-corrected chi connectivity index (χ4v) is 2.50. The molecule has 1 aromatic carbocycles. The summed E-state index contributed by atoms with van der Waals surface area (Å²) in [5.74, 6) is 0.0912. The second-order valence-corrected chi connectivity index (χ2v) is 6.00. The number of hydrogen-bond donors (Lipinski definition) is 3. The van der Waals surface area contributed by atoms with Crippen LogP contribution in [0.5, 0.6) is 5.75 Å². The van der Waals surface area contributed by atoms with Crippen LogP contribution in [-0.2, 0) is 0 Å². The minimum Gasteiger partial charge on any atom is -0.406 e. The Bertz CT molecular complexity index is 1050. The number of carbonyl (C=O) groups is 1. The monoisotopic (exact) mass is 426 g/mol. The minimum absolute atomic E-state index is 0.00624. The molecule has 0 saturated heterocycles.